The van der Waals surface area contributed by atoms with E-state index >= 15 is 0 Å². The standard InChI is InChI=1S/C11H17FN2O3S/c1-8(2)17-11-6-5-9(7-10(11)12)13-18(15,16)14(3)4/h5-8,13H,1-4H3. The Labute approximate surface area is 107 Å². The van der Waals surface area contributed by atoms with Crippen molar-refractivity contribution in [1.29, 1.82) is 0 Å². The molecule has 0 saturated heterocycles. The van der Waals surface area contributed by atoms with Gasteiger partial charge in [-0.1, -0.05) is 0 Å². The van der Waals surface area contributed by atoms with Crippen molar-refractivity contribution in [3.8, 4) is 5.75 Å². The van der Waals surface area contributed by atoms with E-state index in [9.17, 15) is 12.8 Å². The summed E-state index contributed by atoms with van der Waals surface area (Å²) in [6.07, 6.45) is -0.149. The van der Waals surface area contributed by atoms with Crippen LogP contribution in [-0.2, 0) is 10.2 Å². The maximum absolute atomic E-state index is 13.6. The average Bonchev–Trinajstić information content (AvgIpc) is 2.21. The number of rotatable bonds is 5. The van der Waals surface area contributed by atoms with Gasteiger partial charge in [-0.25, -0.2) is 4.39 Å². The third-order valence-electron chi connectivity index (χ3n) is 2.02. The monoisotopic (exact) mass is 276 g/mol. The summed E-state index contributed by atoms with van der Waals surface area (Å²) in [5, 5.41) is 0. The summed E-state index contributed by atoms with van der Waals surface area (Å²) in [6.45, 7) is 3.56. The lowest BCUT2D eigenvalue weighted by molar-refractivity contribution is 0.231. The molecule has 0 radical (unpaired) electrons. The Balaban J connectivity index is 2.92. The number of anilines is 1. The van der Waals surface area contributed by atoms with E-state index < -0.39 is 16.0 Å². The second-order valence-corrected chi connectivity index (χ2v) is 6.09. The van der Waals surface area contributed by atoms with E-state index in [1.807, 2.05) is 0 Å². The molecule has 0 aliphatic rings. The minimum absolute atomic E-state index is 0.0952. The van der Waals surface area contributed by atoms with E-state index in [0.29, 0.717) is 0 Å². The van der Waals surface area contributed by atoms with Gasteiger partial charge in [-0.2, -0.15) is 12.7 Å². The lowest BCUT2D eigenvalue weighted by atomic mass is 10.3. The topological polar surface area (TPSA) is 58.6 Å². The molecule has 0 heterocycles. The molecule has 5 nitrogen and oxygen atoms in total. The lowest BCUT2D eigenvalue weighted by Crippen LogP contribution is -2.28. The fourth-order valence-electron chi connectivity index (χ4n) is 1.15. The first kappa shape index (κ1) is 14.7. The van der Waals surface area contributed by atoms with Crippen molar-refractivity contribution in [3.05, 3.63) is 24.0 Å². The van der Waals surface area contributed by atoms with Crippen molar-refractivity contribution >= 4 is 15.9 Å². The smallest absolute Gasteiger partial charge is 0.301 e. The lowest BCUT2D eigenvalue weighted by Gasteiger charge is -2.15. The molecule has 0 bridgehead atoms. The minimum atomic E-state index is -3.63. The number of hydrogen-bond acceptors (Lipinski definition) is 3. The first-order valence-corrected chi connectivity index (χ1v) is 6.83. The first-order valence-electron chi connectivity index (χ1n) is 5.39. The molecule has 0 aliphatic carbocycles. The Morgan fingerprint density at radius 3 is 2.39 bits per heavy atom. The first-order chi connectivity index (χ1) is 8.22. The van der Waals surface area contributed by atoms with Crippen molar-refractivity contribution in [2.45, 2.75) is 20.0 Å². The van der Waals surface area contributed by atoms with Crippen LogP contribution in [0.3, 0.4) is 0 Å². The SMILES string of the molecule is CC(C)Oc1ccc(NS(=O)(=O)N(C)C)cc1F. The summed E-state index contributed by atoms with van der Waals surface area (Å²) in [7, 11) is -0.860. The Morgan fingerprint density at radius 1 is 1.33 bits per heavy atom. The van der Waals surface area contributed by atoms with E-state index in [0.717, 1.165) is 10.4 Å². The van der Waals surface area contributed by atoms with Crippen LogP contribution in [0.25, 0.3) is 0 Å². The van der Waals surface area contributed by atoms with Gasteiger partial charge in [0.25, 0.3) is 0 Å². The molecule has 1 N–H and O–H groups in total. The highest BCUT2D eigenvalue weighted by Crippen LogP contribution is 2.22. The highest BCUT2D eigenvalue weighted by Gasteiger charge is 2.14. The van der Waals surface area contributed by atoms with Gasteiger partial charge in [-0.3, -0.25) is 4.72 Å². The molecule has 7 heteroatoms. The average molecular weight is 276 g/mol. The summed E-state index contributed by atoms with van der Waals surface area (Å²) in [4.78, 5) is 0. The van der Waals surface area contributed by atoms with Gasteiger partial charge in [0.1, 0.15) is 0 Å². The Bertz CT molecular complexity index is 515. The van der Waals surface area contributed by atoms with E-state index in [2.05, 4.69) is 4.72 Å². The predicted octanol–water partition coefficient (Wildman–Crippen LogP) is 1.83. The number of nitrogens with one attached hydrogen (secondary N) is 1. The summed E-state index contributed by atoms with van der Waals surface area (Å²) >= 11 is 0. The van der Waals surface area contributed by atoms with Crippen LogP contribution < -0.4 is 9.46 Å². The molecular weight excluding hydrogens is 259 g/mol. The van der Waals surface area contributed by atoms with Gasteiger partial charge in [0, 0.05) is 20.2 Å². The van der Waals surface area contributed by atoms with Crippen LogP contribution in [0, 0.1) is 5.82 Å². The molecule has 1 aromatic rings. The maximum atomic E-state index is 13.6. The number of benzene rings is 1. The zero-order valence-corrected chi connectivity index (χ0v) is 11.6. The molecule has 0 aromatic heterocycles. The molecular formula is C11H17FN2O3S. The van der Waals surface area contributed by atoms with Crippen molar-refractivity contribution in [1.82, 2.24) is 4.31 Å². The molecule has 0 unspecified atom stereocenters. The molecule has 18 heavy (non-hydrogen) atoms. The van der Waals surface area contributed by atoms with Gasteiger partial charge in [-0.05, 0) is 26.0 Å². The van der Waals surface area contributed by atoms with Crippen molar-refractivity contribution in [2.75, 3.05) is 18.8 Å². The Hall–Kier alpha value is -1.34. The summed E-state index contributed by atoms with van der Waals surface area (Å²) in [6, 6.07) is 3.92. The van der Waals surface area contributed by atoms with Gasteiger partial charge >= 0.3 is 10.2 Å². The number of ether oxygens (including phenoxy) is 1. The molecule has 0 fully saturated rings. The fourth-order valence-corrected chi connectivity index (χ4v) is 1.76. The second kappa shape index (κ2) is 5.53. The second-order valence-electron chi connectivity index (χ2n) is 4.20. The van der Waals surface area contributed by atoms with E-state index in [4.69, 9.17) is 4.74 Å². The number of nitrogens with zero attached hydrogens (tertiary/aromatic N) is 1. The molecule has 1 rings (SSSR count). The van der Waals surface area contributed by atoms with Crippen LogP contribution in [-0.4, -0.2) is 32.9 Å². The van der Waals surface area contributed by atoms with Crippen molar-refractivity contribution in [3.63, 3.8) is 0 Å². The molecule has 0 aliphatic heterocycles. The number of hydrogen-bond donors (Lipinski definition) is 1. The maximum Gasteiger partial charge on any atom is 0.301 e. The number of halogens is 1. The van der Waals surface area contributed by atoms with Gasteiger partial charge in [-0.15, -0.1) is 0 Å². The van der Waals surface area contributed by atoms with E-state index in [1.165, 1.54) is 26.2 Å². The van der Waals surface area contributed by atoms with Crippen LogP contribution in [0.2, 0.25) is 0 Å². The van der Waals surface area contributed by atoms with Gasteiger partial charge < -0.3 is 4.74 Å². The van der Waals surface area contributed by atoms with Crippen LogP contribution in [0.5, 0.6) is 5.75 Å². The highest BCUT2D eigenvalue weighted by atomic mass is 32.2. The van der Waals surface area contributed by atoms with Gasteiger partial charge in [0.2, 0.25) is 0 Å². The molecule has 0 spiro atoms. The predicted molar refractivity (Wildman–Crippen MR) is 68.4 cm³/mol. The summed E-state index contributed by atoms with van der Waals surface area (Å²) in [5.74, 6) is -0.513. The summed E-state index contributed by atoms with van der Waals surface area (Å²) < 4.78 is 45.1. The Kier molecular flexibility index (Phi) is 4.53. The van der Waals surface area contributed by atoms with Crippen LogP contribution >= 0.6 is 0 Å². The molecule has 0 atom stereocenters. The minimum Gasteiger partial charge on any atom is -0.488 e. The molecule has 0 saturated carbocycles. The van der Waals surface area contributed by atoms with E-state index in [-0.39, 0.29) is 17.5 Å². The van der Waals surface area contributed by atoms with Gasteiger partial charge in [0.15, 0.2) is 11.6 Å². The zero-order chi connectivity index (χ0) is 13.9. The molecule has 1 aromatic carbocycles. The molecule has 102 valence electrons. The van der Waals surface area contributed by atoms with Crippen LogP contribution in [0.4, 0.5) is 10.1 Å². The normalized spacial score (nSPS) is 11.9. The van der Waals surface area contributed by atoms with E-state index in [1.54, 1.807) is 13.8 Å². The third kappa shape index (κ3) is 3.85. The molecule has 0 amide bonds. The van der Waals surface area contributed by atoms with Crippen molar-refractivity contribution in [2.24, 2.45) is 0 Å². The highest BCUT2D eigenvalue weighted by molar-refractivity contribution is 7.90. The third-order valence-corrected chi connectivity index (χ3v) is 3.48. The summed E-state index contributed by atoms with van der Waals surface area (Å²) in [5.41, 5.74) is 0.150. The van der Waals surface area contributed by atoms with Crippen LogP contribution in [0.1, 0.15) is 13.8 Å². The van der Waals surface area contributed by atoms with Gasteiger partial charge in [0.05, 0.1) is 11.8 Å². The van der Waals surface area contributed by atoms with Crippen molar-refractivity contribution < 1.29 is 17.5 Å². The quantitative estimate of drug-likeness (QED) is 0.892. The largest absolute Gasteiger partial charge is 0.488 e. The van der Waals surface area contributed by atoms with Crippen LogP contribution in [0.15, 0.2) is 18.2 Å². The Morgan fingerprint density at radius 2 is 1.94 bits per heavy atom. The zero-order valence-electron chi connectivity index (χ0n) is 10.8. The fraction of sp³-hybridized carbons (Fsp3) is 0.455.